The van der Waals surface area contributed by atoms with Crippen molar-refractivity contribution in [2.45, 2.75) is 6.92 Å². The van der Waals surface area contributed by atoms with Crippen LogP contribution in [-0.2, 0) is 4.79 Å². The number of carbonyl (C=O) groups is 1. The summed E-state index contributed by atoms with van der Waals surface area (Å²) >= 11 is 3.33. The Morgan fingerprint density at radius 2 is 2.27 bits per heavy atom. The zero-order valence-electron chi connectivity index (χ0n) is 8.29. The first-order valence-electron chi connectivity index (χ1n) is 4.30. The molecule has 0 aliphatic carbocycles. The Morgan fingerprint density at radius 1 is 1.60 bits per heavy atom. The van der Waals surface area contributed by atoms with E-state index in [1.54, 1.807) is 6.07 Å². The van der Waals surface area contributed by atoms with Crippen molar-refractivity contribution in [2.75, 3.05) is 6.61 Å². The minimum atomic E-state index is -1.04. The molecule has 0 bridgehead atoms. The highest BCUT2D eigenvalue weighted by Gasteiger charge is 2.06. The van der Waals surface area contributed by atoms with Crippen LogP contribution in [0.4, 0.5) is 0 Å². The quantitative estimate of drug-likeness (QED) is 0.856. The highest BCUT2D eigenvalue weighted by molar-refractivity contribution is 9.10. The maximum absolute atomic E-state index is 10.5. The second kappa shape index (κ2) is 4.98. The molecule has 0 aromatic heterocycles. The Morgan fingerprint density at radius 3 is 2.80 bits per heavy atom. The molecule has 0 radical (unpaired) electrons. The maximum atomic E-state index is 10.5. The summed E-state index contributed by atoms with van der Waals surface area (Å²) in [4.78, 5) is 10.5. The molecular formula is C11H11BrO3. The van der Waals surface area contributed by atoms with Gasteiger partial charge in [-0.2, -0.15) is 0 Å². The SMILES string of the molecule is C=C(COc1ccc(Br)cc1C)C(=O)O. The fraction of sp³-hybridized carbons (Fsp3) is 0.182. The number of hydrogen-bond donors (Lipinski definition) is 1. The van der Waals surface area contributed by atoms with Gasteiger partial charge in [0.15, 0.2) is 0 Å². The highest BCUT2D eigenvalue weighted by atomic mass is 79.9. The normalized spacial score (nSPS) is 9.73. The van der Waals surface area contributed by atoms with E-state index in [4.69, 9.17) is 9.84 Å². The summed E-state index contributed by atoms with van der Waals surface area (Å²) in [6.07, 6.45) is 0. The van der Waals surface area contributed by atoms with E-state index in [-0.39, 0.29) is 12.2 Å². The van der Waals surface area contributed by atoms with Crippen LogP contribution in [0.5, 0.6) is 5.75 Å². The van der Waals surface area contributed by atoms with Crippen LogP contribution in [0.3, 0.4) is 0 Å². The number of halogens is 1. The van der Waals surface area contributed by atoms with E-state index < -0.39 is 5.97 Å². The fourth-order valence-electron chi connectivity index (χ4n) is 1.00. The van der Waals surface area contributed by atoms with Crippen molar-refractivity contribution in [3.05, 3.63) is 40.4 Å². The molecule has 0 amide bonds. The Kier molecular flexibility index (Phi) is 3.91. The molecule has 80 valence electrons. The highest BCUT2D eigenvalue weighted by Crippen LogP contribution is 2.22. The van der Waals surface area contributed by atoms with Gasteiger partial charge >= 0.3 is 5.97 Å². The van der Waals surface area contributed by atoms with Crippen LogP contribution in [0.1, 0.15) is 5.56 Å². The molecule has 0 spiro atoms. The zero-order valence-corrected chi connectivity index (χ0v) is 9.87. The van der Waals surface area contributed by atoms with Gasteiger partial charge in [-0.05, 0) is 30.7 Å². The van der Waals surface area contributed by atoms with E-state index in [1.165, 1.54) is 0 Å². The first-order chi connectivity index (χ1) is 7.00. The summed E-state index contributed by atoms with van der Waals surface area (Å²) < 4.78 is 6.28. The van der Waals surface area contributed by atoms with E-state index in [2.05, 4.69) is 22.5 Å². The van der Waals surface area contributed by atoms with Crippen LogP contribution in [0, 0.1) is 6.92 Å². The largest absolute Gasteiger partial charge is 0.488 e. The number of aliphatic carboxylic acids is 1. The van der Waals surface area contributed by atoms with Gasteiger partial charge in [0.05, 0.1) is 5.57 Å². The van der Waals surface area contributed by atoms with Crippen molar-refractivity contribution < 1.29 is 14.6 Å². The van der Waals surface area contributed by atoms with Crippen molar-refractivity contribution in [2.24, 2.45) is 0 Å². The van der Waals surface area contributed by atoms with E-state index in [0.29, 0.717) is 5.75 Å². The molecule has 0 aliphatic heterocycles. The van der Waals surface area contributed by atoms with Gasteiger partial charge in [-0.25, -0.2) is 4.79 Å². The Balaban J connectivity index is 2.66. The predicted octanol–water partition coefficient (Wildman–Crippen LogP) is 2.78. The van der Waals surface area contributed by atoms with Gasteiger partial charge in [0.2, 0.25) is 0 Å². The Labute approximate surface area is 96.5 Å². The van der Waals surface area contributed by atoms with Gasteiger partial charge in [0, 0.05) is 4.47 Å². The van der Waals surface area contributed by atoms with Crippen LogP contribution >= 0.6 is 15.9 Å². The fourth-order valence-corrected chi connectivity index (χ4v) is 1.48. The lowest BCUT2D eigenvalue weighted by atomic mass is 10.2. The lowest BCUT2D eigenvalue weighted by Gasteiger charge is -2.08. The van der Waals surface area contributed by atoms with E-state index in [0.717, 1.165) is 10.0 Å². The lowest BCUT2D eigenvalue weighted by Crippen LogP contribution is -2.09. The van der Waals surface area contributed by atoms with Gasteiger partial charge in [0.1, 0.15) is 12.4 Å². The van der Waals surface area contributed by atoms with E-state index in [1.807, 2.05) is 19.1 Å². The average Bonchev–Trinajstić information content (AvgIpc) is 2.15. The molecular weight excluding hydrogens is 260 g/mol. The van der Waals surface area contributed by atoms with Gasteiger partial charge in [-0.1, -0.05) is 22.5 Å². The summed E-state index contributed by atoms with van der Waals surface area (Å²) in [6.45, 7) is 5.27. The molecule has 0 unspecified atom stereocenters. The summed E-state index contributed by atoms with van der Waals surface area (Å²) in [6, 6.07) is 5.53. The predicted molar refractivity (Wildman–Crippen MR) is 61.1 cm³/mol. The number of ether oxygens (including phenoxy) is 1. The summed E-state index contributed by atoms with van der Waals surface area (Å²) in [5, 5.41) is 8.59. The standard InChI is InChI=1S/C11H11BrO3/c1-7-5-9(12)3-4-10(7)15-6-8(2)11(13)14/h3-5H,2,6H2,1H3,(H,13,14). The molecule has 1 N–H and O–H groups in total. The third-order valence-electron chi connectivity index (χ3n) is 1.84. The van der Waals surface area contributed by atoms with Crippen LogP contribution in [0.2, 0.25) is 0 Å². The molecule has 3 nitrogen and oxygen atoms in total. The number of rotatable bonds is 4. The monoisotopic (exact) mass is 270 g/mol. The third-order valence-corrected chi connectivity index (χ3v) is 2.33. The molecule has 0 aliphatic rings. The Bertz CT molecular complexity index is 399. The van der Waals surface area contributed by atoms with Gasteiger partial charge in [-0.3, -0.25) is 0 Å². The van der Waals surface area contributed by atoms with Crippen molar-refractivity contribution >= 4 is 21.9 Å². The molecule has 4 heteroatoms. The van der Waals surface area contributed by atoms with Crippen molar-refractivity contribution in [3.63, 3.8) is 0 Å². The van der Waals surface area contributed by atoms with Gasteiger partial charge < -0.3 is 9.84 Å². The molecule has 0 atom stereocenters. The van der Waals surface area contributed by atoms with Crippen molar-refractivity contribution in [1.29, 1.82) is 0 Å². The number of carboxylic acids is 1. The van der Waals surface area contributed by atoms with Crippen LogP contribution in [-0.4, -0.2) is 17.7 Å². The zero-order chi connectivity index (χ0) is 11.4. The molecule has 1 aromatic carbocycles. The van der Waals surface area contributed by atoms with E-state index in [9.17, 15) is 4.79 Å². The number of benzene rings is 1. The van der Waals surface area contributed by atoms with Crippen LogP contribution in [0.15, 0.2) is 34.8 Å². The number of aryl methyl sites for hydroxylation is 1. The molecule has 0 saturated carbocycles. The minimum absolute atomic E-state index is 0.00218. The van der Waals surface area contributed by atoms with Gasteiger partial charge in [-0.15, -0.1) is 0 Å². The maximum Gasteiger partial charge on any atom is 0.334 e. The summed E-state index contributed by atoms with van der Waals surface area (Å²) in [7, 11) is 0. The van der Waals surface area contributed by atoms with Crippen molar-refractivity contribution in [1.82, 2.24) is 0 Å². The minimum Gasteiger partial charge on any atom is -0.488 e. The average molecular weight is 271 g/mol. The molecule has 15 heavy (non-hydrogen) atoms. The summed E-state index contributed by atoms with van der Waals surface area (Å²) in [5.41, 5.74) is 0.986. The molecule has 0 fully saturated rings. The first-order valence-corrected chi connectivity index (χ1v) is 5.10. The lowest BCUT2D eigenvalue weighted by molar-refractivity contribution is -0.133. The van der Waals surface area contributed by atoms with Crippen LogP contribution < -0.4 is 4.74 Å². The van der Waals surface area contributed by atoms with Crippen molar-refractivity contribution in [3.8, 4) is 5.75 Å². The number of carboxylic acid groups (broad SMARTS) is 1. The topological polar surface area (TPSA) is 46.5 Å². The number of hydrogen-bond acceptors (Lipinski definition) is 2. The smallest absolute Gasteiger partial charge is 0.334 e. The molecule has 0 saturated heterocycles. The second-order valence-electron chi connectivity index (χ2n) is 3.11. The third kappa shape index (κ3) is 3.40. The van der Waals surface area contributed by atoms with E-state index >= 15 is 0 Å². The summed E-state index contributed by atoms with van der Waals surface area (Å²) in [5.74, 6) is -0.370. The Hall–Kier alpha value is -1.29. The first kappa shape index (κ1) is 11.8. The second-order valence-corrected chi connectivity index (χ2v) is 4.02. The van der Waals surface area contributed by atoms with Gasteiger partial charge in [0.25, 0.3) is 0 Å². The molecule has 1 rings (SSSR count). The molecule has 1 aromatic rings. The van der Waals surface area contributed by atoms with Crippen LogP contribution in [0.25, 0.3) is 0 Å². The molecule has 0 heterocycles.